The molecule has 1 aliphatic rings. The monoisotopic (exact) mass is 381 g/mol. The van der Waals surface area contributed by atoms with E-state index in [0.29, 0.717) is 34.7 Å². The van der Waals surface area contributed by atoms with Crippen molar-refractivity contribution in [1.82, 2.24) is 25.6 Å². The maximum Gasteiger partial charge on any atom is 0.273 e. The lowest BCUT2D eigenvalue weighted by Crippen LogP contribution is -2.30. The number of amides is 1. The highest BCUT2D eigenvalue weighted by molar-refractivity contribution is 6.36. The Hall–Kier alpha value is -1.63. The van der Waals surface area contributed by atoms with Gasteiger partial charge < -0.3 is 10.6 Å². The second-order valence-corrected chi connectivity index (χ2v) is 6.97. The molecule has 0 bridgehead atoms. The molecular weight excluding hydrogens is 361 g/mol. The first kappa shape index (κ1) is 18.2. The molecule has 2 aromatic rings. The summed E-state index contributed by atoms with van der Waals surface area (Å²) in [6, 6.07) is 5.69. The molecule has 6 nitrogen and oxygen atoms in total. The van der Waals surface area contributed by atoms with Gasteiger partial charge >= 0.3 is 0 Å². The Morgan fingerprint density at radius 2 is 2.00 bits per heavy atom. The third kappa shape index (κ3) is 4.14. The first-order valence-electron chi connectivity index (χ1n) is 8.41. The van der Waals surface area contributed by atoms with E-state index in [1.54, 1.807) is 18.2 Å². The Balaban J connectivity index is 1.61. The summed E-state index contributed by atoms with van der Waals surface area (Å²) in [7, 11) is 0. The summed E-state index contributed by atoms with van der Waals surface area (Å²) in [5, 5.41) is 15.7. The summed E-state index contributed by atoms with van der Waals surface area (Å²) >= 11 is 12.3. The fourth-order valence-electron chi connectivity index (χ4n) is 3.10. The molecule has 0 aliphatic carbocycles. The zero-order valence-electron chi connectivity index (χ0n) is 14.1. The van der Waals surface area contributed by atoms with E-state index < -0.39 is 0 Å². The van der Waals surface area contributed by atoms with Gasteiger partial charge in [0.2, 0.25) is 0 Å². The number of halogens is 2. The molecule has 3 rings (SSSR count). The molecule has 1 aromatic carbocycles. The van der Waals surface area contributed by atoms with Gasteiger partial charge in [-0.15, -0.1) is 5.10 Å². The number of carbonyl (C=O) groups excluding carboxylic acids is 1. The highest BCUT2D eigenvalue weighted by Crippen LogP contribution is 2.24. The minimum absolute atomic E-state index is 0.221. The van der Waals surface area contributed by atoms with Gasteiger partial charge in [-0.2, -0.15) is 0 Å². The van der Waals surface area contributed by atoms with Gasteiger partial charge in [-0.3, -0.25) is 4.79 Å². The van der Waals surface area contributed by atoms with E-state index in [0.717, 1.165) is 37.2 Å². The molecule has 0 spiro atoms. The van der Waals surface area contributed by atoms with E-state index in [2.05, 4.69) is 20.9 Å². The topological polar surface area (TPSA) is 71.8 Å². The standard InChI is InChI=1S/C17H21Cl2N5O/c1-11-16(22-23-24(11)12-5-8-20-9-6-12)17(25)21-10-7-13-14(18)3-2-4-15(13)19/h2-4,12,20H,5-10H2,1H3,(H,21,25). The van der Waals surface area contributed by atoms with Crippen molar-refractivity contribution in [3.63, 3.8) is 0 Å². The zero-order chi connectivity index (χ0) is 17.8. The van der Waals surface area contributed by atoms with Crippen LogP contribution in [0.4, 0.5) is 0 Å². The number of nitrogens with one attached hydrogen (secondary N) is 2. The van der Waals surface area contributed by atoms with Crippen LogP contribution in [-0.2, 0) is 6.42 Å². The Bertz CT molecular complexity index is 735. The quantitative estimate of drug-likeness (QED) is 0.834. The highest BCUT2D eigenvalue weighted by Gasteiger charge is 2.22. The number of hydrogen-bond acceptors (Lipinski definition) is 4. The van der Waals surface area contributed by atoms with Gasteiger partial charge in [0.15, 0.2) is 5.69 Å². The first-order valence-corrected chi connectivity index (χ1v) is 9.17. The van der Waals surface area contributed by atoms with Crippen LogP contribution in [0.5, 0.6) is 0 Å². The molecule has 0 radical (unpaired) electrons. The van der Waals surface area contributed by atoms with Gasteiger partial charge in [-0.25, -0.2) is 4.68 Å². The maximum atomic E-state index is 12.4. The molecule has 0 unspecified atom stereocenters. The van der Waals surface area contributed by atoms with Crippen LogP contribution in [0.15, 0.2) is 18.2 Å². The van der Waals surface area contributed by atoms with E-state index in [-0.39, 0.29) is 5.91 Å². The van der Waals surface area contributed by atoms with Crippen molar-refractivity contribution in [3.05, 3.63) is 45.2 Å². The summed E-state index contributed by atoms with van der Waals surface area (Å²) in [4.78, 5) is 12.4. The Morgan fingerprint density at radius 3 is 2.68 bits per heavy atom. The van der Waals surface area contributed by atoms with Gasteiger partial charge in [0.25, 0.3) is 5.91 Å². The van der Waals surface area contributed by atoms with Crippen LogP contribution in [0, 0.1) is 6.92 Å². The second-order valence-electron chi connectivity index (χ2n) is 6.16. The number of benzene rings is 1. The molecule has 25 heavy (non-hydrogen) atoms. The first-order chi connectivity index (χ1) is 12.1. The fraction of sp³-hybridized carbons (Fsp3) is 0.471. The second kappa shape index (κ2) is 8.17. The van der Waals surface area contributed by atoms with Crippen molar-refractivity contribution < 1.29 is 4.79 Å². The molecular formula is C17H21Cl2N5O. The zero-order valence-corrected chi connectivity index (χ0v) is 15.6. The molecule has 1 fully saturated rings. The van der Waals surface area contributed by atoms with Crippen LogP contribution in [0.1, 0.15) is 40.6 Å². The summed E-state index contributed by atoms with van der Waals surface area (Å²) in [6.45, 7) is 4.25. The average Bonchev–Trinajstić information content (AvgIpc) is 3.00. The lowest BCUT2D eigenvalue weighted by atomic mass is 10.1. The molecule has 1 aliphatic heterocycles. The fourth-order valence-corrected chi connectivity index (χ4v) is 3.69. The summed E-state index contributed by atoms with van der Waals surface area (Å²) in [5.74, 6) is -0.221. The summed E-state index contributed by atoms with van der Waals surface area (Å²) in [5.41, 5.74) is 2.02. The van der Waals surface area contributed by atoms with E-state index in [1.807, 2.05) is 11.6 Å². The van der Waals surface area contributed by atoms with E-state index in [9.17, 15) is 4.79 Å². The predicted molar refractivity (Wildman–Crippen MR) is 98.4 cm³/mol. The van der Waals surface area contributed by atoms with Gasteiger partial charge in [-0.1, -0.05) is 34.5 Å². The highest BCUT2D eigenvalue weighted by atomic mass is 35.5. The number of nitrogens with zero attached hydrogens (tertiary/aromatic N) is 3. The lowest BCUT2D eigenvalue weighted by Gasteiger charge is -2.23. The van der Waals surface area contributed by atoms with Gasteiger partial charge in [0, 0.05) is 16.6 Å². The minimum atomic E-state index is -0.221. The smallest absolute Gasteiger partial charge is 0.273 e. The van der Waals surface area contributed by atoms with Crippen LogP contribution in [0.2, 0.25) is 10.0 Å². The maximum absolute atomic E-state index is 12.4. The van der Waals surface area contributed by atoms with Crippen molar-refractivity contribution in [1.29, 1.82) is 0 Å². The van der Waals surface area contributed by atoms with Crippen LogP contribution in [0.25, 0.3) is 0 Å². The Kier molecular flexibility index (Phi) is 5.93. The Labute approximate surface area is 156 Å². The third-order valence-corrected chi connectivity index (χ3v) is 5.23. The molecule has 1 amide bonds. The van der Waals surface area contributed by atoms with Gasteiger partial charge in [-0.05, 0) is 57.0 Å². The van der Waals surface area contributed by atoms with E-state index in [4.69, 9.17) is 23.2 Å². The normalized spacial score (nSPS) is 15.3. The molecule has 1 saturated heterocycles. The summed E-state index contributed by atoms with van der Waals surface area (Å²) in [6.07, 6.45) is 2.55. The van der Waals surface area contributed by atoms with Crippen LogP contribution in [-0.4, -0.2) is 40.5 Å². The van der Waals surface area contributed by atoms with Crippen molar-refractivity contribution in [2.24, 2.45) is 0 Å². The Morgan fingerprint density at radius 1 is 1.32 bits per heavy atom. The lowest BCUT2D eigenvalue weighted by molar-refractivity contribution is 0.0948. The van der Waals surface area contributed by atoms with Crippen LogP contribution >= 0.6 is 23.2 Å². The summed E-state index contributed by atoms with van der Waals surface area (Å²) < 4.78 is 1.88. The van der Waals surface area contributed by atoms with Crippen molar-refractivity contribution >= 4 is 29.1 Å². The molecule has 2 heterocycles. The largest absolute Gasteiger partial charge is 0.350 e. The van der Waals surface area contributed by atoms with Crippen LogP contribution < -0.4 is 10.6 Å². The van der Waals surface area contributed by atoms with E-state index in [1.165, 1.54) is 0 Å². The number of carbonyl (C=O) groups is 1. The van der Waals surface area contributed by atoms with Crippen molar-refractivity contribution in [2.75, 3.05) is 19.6 Å². The molecule has 1 aromatic heterocycles. The minimum Gasteiger partial charge on any atom is -0.350 e. The molecule has 0 saturated carbocycles. The molecule has 0 atom stereocenters. The number of rotatable bonds is 5. The number of piperidine rings is 1. The third-order valence-electron chi connectivity index (χ3n) is 4.52. The molecule has 8 heteroatoms. The van der Waals surface area contributed by atoms with E-state index >= 15 is 0 Å². The number of aromatic nitrogens is 3. The van der Waals surface area contributed by atoms with Crippen molar-refractivity contribution in [3.8, 4) is 0 Å². The molecule has 2 N–H and O–H groups in total. The van der Waals surface area contributed by atoms with Gasteiger partial charge in [0.05, 0.1) is 11.7 Å². The number of hydrogen-bond donors (Lipinski definition) is 2. The average molecular weight is 382 g/mol. The SMILES string of the molecule is Cc1c(C(=O)NCCc2c(Cl)cccc2Cl)nnn1C1CCNCC1. The van der Waals surface area contributed by atoms with Gasteiger partial charge in [0.1, 0.15) is 0 Å². The predicted octanol–water partition coefficient (Wildman–Crippen LogP) is 2.79. The van der Waals surface area contributed by atoms with Crippen LogP contribution in [0.3, 0.4) is 0 Å². The molecule has 134 valence electrons. The van der Waals surface area contributed by atoms with Crippen molar-refractivity contribution in [2.45, 2.75) is 32.2 Å².